The summed E-state index contributed by atoms with van der Waals surface area (Å²) in [7, 11) is -10.8. The Hall–Kier alpha value is -3.12. The number of carbonyl (C=O) groups is 2. The summed E-state index contributed by atoms with van der Waals surface area (Å²) in [5.74, 6) is -1.48. The third-order valence-electron chi connectivity index (χ3n) is 10.2. The molecule has 19 heteroatoms. The molecule has 0 aliphatic heterocycles. The van der Waals surface area contributed by atoms with Crippen LogP contribution in [0, 0.1) is 0 Å². The first-order valence-electron chi connectivity index (χ1n) is 23.9. The minimum atomic E-state index is -5.40. The van der Waals surface area contributed by atoms with E-state index >= 15 is 0 Å². The quantitative estimate of drug-likeness (QED) is 0.00953. The minimum absolute atomic E-state index is 0.00249. The lowest BCUT2D eigenvalue weighted by Gasteiger charge is -2.43. The Morgan fingerprint density at radius 1 is 0.559 bits per heavy atom. The monoisotopic (exact) mass is 1000 g/mol. The van der Waals surface area contributed by atoms with E-state index in [4.69, 9.17) is 18.5 Å². The molecule has 0 aromatic rings. The van der Waals surface area contributed by atoms with Crippen LogP contribution in [-0.4, -0.2) is 114 Å². The number of hydrogen-bond acceptors (Lipinski definition) is 14. The number of hydrogen-bond donors (Lipinski definition) is 8. The van der Waals surface area contributed by atoms with Crippen LogP contribution in [0.25, 0.3) is 0 Å². The maximum absolute atomic E-state index is 13.0. The molecule has 1 rings (SSSR count). The molecule has 0 heterocycles. The second-order valence-corrected chi connectivity index (χ2v) is 18.9. The number of phosphoric acid groups is 2. The maximum Gasteiger partial charge on any atom is 0.472 e. The highest BCUT2D eigenvalue weighted by molar-refractivity contribution is 7.47. The number of aliphatic hydroxyl groups is 5. The topological polar surface area (TPSA) is 276 Å². The highest BCUT2D eigenvalue weighted by Crippen LogP contribution is 2.49. The molecule has 1 aliphatic carbocycles. The normalized spacial score (nSPS) is 22.6. The molecular formula is C49H80O17P2. The fourth-order valence-corrected chi connectivity index (χ4v) is 8.08. The Labute approximate surface area is 403 Å². The Bertz CT molecular complexity index is 1700. The van der Waals surface area contributed by atoms with Crippen LogP contribution >= 0.6 is 15.6 Å². The van der Waals surface area contributed by atoms with Gasteiger partial charge in [0.1, 0.15) is 43.2 Å². The fourth-order valence-electron chi connectivity index (χ4n) is 6.54. The van der Waals surface area contributed by atoms with Crippen LogP contribution in [-0.2, 0) is 41.8 Å². The lowest BCUT2D eigenvalue weighted by molar-refractivity contribution is -0.216. The van der Waals surface area contributed by atoms with Gasteiger partial charge in [-0.3, -0.25) is 23.2 Å². The Morgan fingerprint density at radius 3 is 1.66 bits per heavy atom. The van der Waals surface area contributed by atoms with Crippen molar-refractivity contribution >= 4 is 27.6 Å². The van der Waals surface area contributed by atoms with Crippen molar-refractivity contribution < 1.29 is 82.0 Å². The Morgan fingerprint density at radius 2 is 1.07 bits per heavy atom. The molecule has 17 nitrogen and oxygen atoms in total. The van der Waals surface area contributed by atoms with Gasteiger partial charge in [0.15, 0.2) is 6.10 Å². The number of carbonyl (C=O) groups excluding carboxylic acids is 2. The summed E-state index contributed by atoms with van der Waals surface area (Å²) in [4.78, 5) is 54.3. The van der Waals surface area contributed by atoms with Gasteiger partial charge in [0, 0.05) is 12.8 Å². The van der Waals surface area contributed by atoms with Crippen LogP contribution in [0.5, 0.6) is 0 Å². The molecule has 68 heavy (non-hydrogen) atoms. The van der Waals surface area contributed by atoms with Crippen LogP contribution < -0.4 is 0 Å². The van der Waals surface area contributed by atoms with Gasteiger partial charge in [-0.25, -0.2) is 9.13 Å². The zero-order valence-electron chi connectivity index (χ0n) is 39.9. The van der Waals surface area contributed by atoms with Crippen molar-refractivity contribution in [2.75, 3.05) is 13.2 Å². The first-order chi connectivity index (χ1) is 32.5. The van der Waals surface area contributed by atoms with Crippen molar-refractivity contribution in [1.29, 1.82) is 0 Å². The van der Waals surface area contributed by atoms with Crippen LogP contribution in [0.4, 0.5) is 0 Å². The highest BCUT2D eigenvalue weighted by atomic mass is 31.2. The Kier molecular flexibility index (Phi) is 35.7. The maximum atomic E-state index is 13.0. The summed E-state index contributed by atoms with van der Waals surface area (Å²) in [6.07, 6.45) is 31.1. The van der Waals surface area contributed by atoms with Crippen LogP contribution in [0.2, 0.25) is 0 Å². The summed E-state index contributed by atoms with van der Waals surface area (Å²) in [5, 5.41) is 51.6. The van der Waals surface area contributed by atoms with Gasteiger partial charge in [-0.2, -0.15) is 0 Å². The number of esters is 2. The summed E-state index contributed by atoms with van der Waals surface area (Å²) in [6, 6.07) is 0. The molecule has 388 valence electrons. The number of ether oxygens (including phenoxy) is 2. The zero-order valence-corrected chi connectivity index (χ0v) is 41.6. The number of rotatable bonds is 38. The molecule has 0 aromatic carbocycles. The van der Waals surface area contributed by atoms with Gasteiger partial charge in [-0.15, -0.1) is 0 Å². The Balaban J connectivity index is 2.72. The molecule has 0 aromatic heterocycles. The predicted octanol–water partition coefficient (Wildman–Crippen LogP) is 8.14. The standard InChI is InChI=1S/C49H80O17P2/c1-3-5-7-9-11-13-15-17-18-19-20-22-24-26-28-30-32-36-42(51)62-38-41(39-63-68(60,61)66-49-46(55)44(53)45(54)48(47(49)56)65-67(57,58)59)64-43(52)37-33-35-40(50)34-31-29-27-25-23-21-16-14-12-10-8-6-4-2/h6,8,12,14,17-18,20-23,26-29,31,34,40-41,44-50,53-56H,3-5,7,9-11,13,15-16,19,24-25,30,32-33,35-39H2,1-2H3,(H,60,61)(H2,57,58,59)/b8-6-,14-12-,18-17-,22-20-,23-21-,28-26-,29-27-,34-31+/t40?,41-,44?,45?,46?,47?,48-,49+/m1/s1. The predicted molar refractivity (Wildman–Crippen MR) is 261 cm³/mol. The van der Waals surface area contributed by atoms with E-state index in [1.54, 1.807) is 18.2 Å². The molecule has 0 amide bonds. The van der Waals surface area contributed by atoms with E-state index in [2.05, 4.69) is 73.1 Å². The summed E-state index contributed by atoms with van der Waals surface area (Å²) in [5.41, 5.74) is 0. The van der Waals surface area contributed by atoms with Crippen molar-refractivity contribution in [2.45, 2.75) is 185 Å². The number of unbranched alkanes of at least 4 members (excludes halogenated alkanes) is 7. The fraction of sp³-hybridized carbons (Fsp3) is 0.633. The number of phosphoric ester groups is 2. The van der Waals surface area contributed by atoms with Crippen LogP contribution in [0.3, 0.4) is 0 Å². The van der Waals surface area contributed by atoms with Gasteiger partial charge >= 0.3 is 27.6 Å². The summed E-state index contributed by atoms with van der Waals surface area (Å²) in [6.45, 7) is 2.77. The van der Waals surface area contributed by atoms with Gasteiger partial charge in [-0.1, -0.05) is 143 Å². The minimum Gasteiger partial charge on any atom is -0.462 e. The molecule has 9 atom stereocenters. The van der Waals surface area contributed by atoms with E-state index in [1.165, 1.54) is 38.5 Å². The van der Waals surface area contributed by atoms with E-state index in [9.17, 15) is 58.9 Å². The average molecular weight is 1000 g/mol. The second-order valence-electron chi connectivity index (χ2n) is 16.3. The van der Waals surface area contributed by atoms with E-state index < -0.39 is 89.6 Å². The molecule has 8 N–H and O–H groups in total. The first kappa shape index (κ1) is 62.9. The van der Waals surface area contributed by atoms with E-state index in [1.807, 2.05) is 24.3 Å². The zero-order chi connectivity index (χ0) is 50.5. The van der Waals surface area contributed by atoms with Crippen molar-refractivity contribution in [3.63, 3.8) is 0 Å². The first-order valence-corrected chi connectivity index (χ1v) is 26.9. The van der Waals surface area contributed by atoms with Gasteiger partial charge in [0.25, 0.3) is 0 Å². The highest BCUT2D eigenvalue weighted by Gasteiger charge is 2.54. The van der Waals surface area contributed by atoms with Gasteiger partial charge in [-0.05, 0) is 77.0 Å². The number of aliphatic hydroxyl groups excluding tert-OH is 5. The molecule has 0 radical (unpaired) electrons. The number of allylic oxidation sites excluding steroid dienone is 15. The molecule has 0 bridgehead atoms. The SMILES string of the molecule is CC/C=C\C/C=C\C/C=C\C/C=C\C=C\C(O)CCCC(=O)O[C@H](COC(=O)CCC/C=C\C/C=C\C/C=C\CCCCCCCC)COP(=O)(O)O[C@H]1C(O)C(O)C(O)[C@@H](OP(=O)(O)O)C1O. The average Bonchev–Trinajstić information content (AvgIpc) is 3.29. The molecule has 1 fully saturated rings. The van der Waals surface area contributed by atoms with Crippen molar-refractivity contribution in [2.24, 2.45) is 0 Å². The van der Waals surface area contributed by atoms with Crippen molar-refractivity contribution in [1.82, 2.24) is 0 Å². The molecule has 1 aliphatic rings. The van der Waals surface area contributed by atoms with Crippen molar-refractivity contribution in [3.05, 3.63) is 97.2 Å². The lowest BCUT2D eigenvalue weighted by atomic mass is 9.85. The molecule has 1 saturated carbocycles. The van der Waals surface area contributed by atoms with Crippen LogP contribution in [0.1, 0.15) is 136 Å². The summed E-state index contributed by atoms with van der Waals surface area (Å²) < 4.78 is 49.2. The van der Waals surface area contributed by atoms with Crippen molar-refractivity contribution in [3.8, 4) is 0 Å². The van der Waals surface area contributed by atoms with E-state index in [0.717, 1.165) is 38.5 Å². The lowest BCUT2D eigenvalue weighted by Crippen LogP contribution is -2.64. The smallest absolute Gasteiger partial charge is 0.462 e. The summed E-state index contributed by atoms with van der Waals surface area (Å²) >= 11 is 0. The van der Waals surface area contributed by atoms with Gasteiger partial charge in [0.2, 0.25) is 0 Å². The van der Waals surface area contributed by atoms with Crippen LogP contribution in [0.15, 0.2) is 97.2 Å². The molecular weight excluding hydrogens is 922 g/mol. The third kappa shape index (κ3) is 32.6. The second kappa shape index (κ2) is 38.6. The third-order valence-corrected chi connectivity index (χ3v) is 11.7. The molecule has 0 saturated heterocycles. The van der Waals surface area contributed by atoms with E-state index in [-0.39, 0.29) is 25.7 Å². The van der Waals surface area contributed by atoms with E-state index in [0.29, 0.717) is 19.3 Å². The molecule has 6 unspecified atom stereocenters. The molecule has 0 spiro atoms. The largest absolute Gasteiger partial charge is 0.472 e. The van der Waals surface area contributed by atoms with Gasteiger partial charge < -0.3 is 49.7 Å². The van der Waals surface area contributed by atoms with Gasteiger partial charge in [0.05, 0.1) is 12.7 Å².